The highest BCUT2D eigenvalue weighted by Crippen LogP contribution is 2.12. The second-order valence-corrected chi connectivity index (χ2v) is 6.11. The minimum Gasteiger partial charge on any atom is -0.0897 e. The highest BCUT2D eigenvalue weighted by atomic mass is 32.1. The maximum absolute atomic E-state index is 4.97. The molecule has 0 bridgehead atoms. The maximum atomic E-state index is 4.97. The van der Waals surface area contributed by atoms with Crippen LogP contribution in [0.15, 0.2) is 0 Å². The molecule has 0 saturated heterocycles. The lowest BCUT2D eigenvalue weighted by atomic mass is 10.0. The molecular weight excluding hydrogens is 236 g/mol. The number of hydrogen-bond acceptors (Lipinski definition) is 1. The molecule has 0 rings (SSSR count). The van der Waals surface area contributed by atoms with Gasteiger partial charge in [-0.3, -0.25) is 0 Å². The fourth-order valence-corrected chi connectivity index (χ4v) is 2.48. The standard InChI is InChI=1S/C17H33S/c1-3-4-5-6-7-8-9-10-11-12-13-14-15-16-17(2)18/h2-16H2,1H3. The zero-order valence-electron chi connectivity index (χ0n) is 12.5. The molecule has 0 N–H and O–H groups in total. The van der Waals surface area contributed by atoms with E-state index in [1.807, 2.05) is 0 Å². The summed E-state index contributed by atoms with van der Waals surface area (Å²) in [5.41, 5.74) is 0. The number of unbranched alkanes of at least 4 members (excludes halogenated alkanes) is 12. The minimum atomic E-state index is 0.929. The summed E-state index contributed by atoms with van der Waals surface area (Å²) in [6, 6.07) is 0. The summed E-state index contributed by atoms with van der Waals surface area (Å²) in [7, 11) is 0. The third-order valence-electron chi connectivity index (χ3n) is 3.56. The third kappa shape index (κ3) is 16.1. The number of hydrogen-bond donors (Lipinski definition) is 0. The van der Waals surface area contributed by atoms with Crippen LogP contribution in [-0.4, -0.2) is 4.86 Å². The quantitative estimate of drug-likeness (QED) is 0.250. The minimum absolute atomic E-state index is 0.929. The van der Waals surface area contributed by atoms with E-state index in [9.17, 15) is 0 Å². The van der Waals surface area contributed by atoms with Gasteiger partial charge in [-0.15, -0.1) is 0 Å². The average Bonchev–Trinajstić information content (AvgIpc) is 2.34. The molecule has 1 radical (unpaired) electrons. The van der Waals surface area contributed by atoms with Gasteiger partial charge < -0.3 is 0 Å². The summed E-state index contributed by atoms with van der Waals surface area (Å²) in [6.07, 6.45) is 19.4. The lowest BCUT2D eigenvalue weighted by molar-refractivity contribution is 0.541. The van der Waals surface area contributed by atoms with E-state index >= 15 is 0 Å². The highest BCUT2D eigenvalue weighted by Gasteiger charge is 1.94. The summed E-state index contributed by atoms with van der Waals surface area (Å²) in [4.78, 5) is 0.929. The van der Waals surface area contributed by atoms with E-state index in [0.717, 1.165) is 11.3 Å². The van der Waals surface area contributed by atoms with Crippen molar-refractivity contribution < 1.29 is 0 Å². The second-order valence-electron chi connectivity index (χ2n) is 5.53. The SMILES string of the molecule is [CH2]C(=S)CCCCCCCCCCCCCCC. The van der Waals surface area contributed by atoms with Crippen LogP contribution in [0.3, 0.4) is 0 Å². The predicted octanol–water partition coefficient (Wildman–Crippen LogP) is 6.67. The van der Waals surface area contributed by atoms with E-state index in [1.165, 1.54) is 83.5 Å². The van der Waals surface area contributed by atoms with E-state index in [1.54, 1.807) is 0 Å². The summed E-state index contributed by atoms with van der Waals surface area (Å²) >= 11 is 4.97. The van der Waals surface area contributed by atoms with Gasteiger partial charge in [-0.05, 0) is 24.6 Å². The van der Waals surface area contributed by atoms with Gasteiger partial charge >= 0.3 is 0 Å². The van der Waals surface area contributed by atoms with Crippen LogP contribution in [0.4, 0.5) is 0 Å². The van der Waals surface area contributed by atoms with Crippen molar-refractivity contribution >= 4 is 17.1 Å². The molecule has 0 nitrogen and oxygen atoms in total. The fraction of sp³-hybridized carbons (Fsp3) is 0.882. The van der Waals surface area contributed by atoms with Gasteiger partial charge in [-0.1, -0.05) is 96.2 Å². The molecule has 0 aliphatic heterocycles. The zero-order valence-corrected chi connectivity index (χ0v) is 13.3. The summed E-state index contributed by atoms with van der Waals surface area (Å²) < 4.78 is 0. The van der Waals surface area contributed by atoms with Crippen molar-refractivity contribution in [2.75, 3.05) is 0 Å². The predicted molar refractivity (Wildman–Crippen MR) is 88.3 cm³/mol. The Hall–Kier alpha value is 0.0900. The molecule has 0 unspecified atom stereocenters. The van der Waals surface area contributed by atoms with Gasteiger partial charge in [-0.2, -0.15) is 0 Å². The Balaban J connectivity index is 2.92. The lowest BCUT2D eigenvalue weighted by Gasteiger charge is -2.02. The molecule has 0 aromatic carbocycles. The van der Waals surface area contributed by atoms with Crippen LogP contribution in [0.2, 0.25) is 0 Å². The van der Waals surface area contributed by atoms with Crippen LogP contribution in [0.1, 0.15) is 96.8 Å². The molecule has 0 atom stereocenters. The monoisotopic (exact) mass is 269 g/mol. The Bertz CT molecular complexity index is 174. The normalized spacial score (nSPS) is 10.8. The van der Waals surface area contributed by atoms with Crippen LogP contribution in [0, 0.1) is 6.92 Å². The van der Waals surface area contributed by atoms with Crippen LogP contribution < -0.4 is 0 Å². The van der Waals surface area contributed by atoms with Crippen LogP contribution in [0.25, 0.3) is 0 Å². The molecule has 107 valence electrons. The average molecular weight is 270 g/mol. The van der Waals surface area contributed by atoms with Gasteiger partial charge in [0.25, 0.3) is 0 Å². The van der Waals surface area contributed by atoms with Crippen molar-refractivity contribution in [1.82, 2.24) is 0 Å². The molecule has 0 spiro atoms. The smallest absolute Gasteiger partial charge is 0.00680 e. The van der Waals surface area contributed by atoms with Crippen molar-refractivity contribution in [3.8, 4) is 0 Å². The van der Waals surface area contributed by atoms with Crippen LogP contribution in [0.5, 0.6) is 0 Å². The molecular formula is C17H33S. The zero-order chi connectivity index (χ0) is 13.5. The molecule has 0 aromatic rings. The van der Waals surface area contributed by atoms with Crippen LogP contribution in [-0.2, 0) is 0 Å². The number of thiocarbonyl (C=S) groups is 1. The van der Waals surface area contributed by atoms with Crippen molar-refractivity contribution in [3.63, 3.8) is 0 Å². The van der Waals surface area contributed by atoms with Crippen LogP contribution >= 0.6 is 12.2 Å². The second kappa shape index (κ2) is 15.1. The van der Waals surface area contributed by atoms with Gasteiger partial charge in [0, 0.05) is 0 Å². The molecule has 0 fully saturated rings. The Morgan fingerprint density at radius 1 is 0.667 bits per heavy atom. The van der Waals surface area contributed by atoms with E-state index in [-0.39, 0.29) is 0 Å². The van der Waals surface area contributed by atoms with Crippen molar-refractivity contribution in [1.29, 1.82) is 0 Å². The Labute approximate surface area is 121 Å². The first kappa shape index (κ1) is 18.1. The molecule has 0 amide bonds. The topological polar surface area (TPSA) is 0 Å². The van der Waals surface area contributed by atoms with Gasteiger partial charge in [0.05, 0.1) is 0 Å². The highest BCUT2D eigenvalue weighted by molar-refractivity contribution is 7.80. The molecule has 0 saturated carbocycles. The first-order valence-corrected chi connectivity index (χ1v) is 8.53. The fourth-order valence-electron chi connectivity index (χ4n) is 2.34. The van der Waals surface area contributed by atoms with E-state index < -0.39 is 0 Å². The first-order chi connectivity index (χ1) is 8.77. The van der Waals surface area contributed by atoms with Crippen molar-refractivity contribution in [3.05, 3.63) is 6.92 Å². The molecule has 0 aliphatic carbocycles. The van der Waals surface area contributed by atoms with Gasteiger partial charge in [-0.25, -0.2) is 0 Å². The number of rotatable bonds is 14. The molecule has 0 heterocycles. The van der Waals surface area contributed by atoms with Crippen molar-refractivity contribution in [2.45, 2.75) is 96.8 Å². The molecule has 0 aliphatic rings. The van der Waals surface area contributed by atoms with Gasteiger partial charge in [0.1, 0.15) is 0 Å². The third-order valence-corrected chi connectivity index (χ3v) is 3.76. The molecule has 1 heteroatoms. The largest absolute Gasteiger partial charge is 0.0897 e. The summed E-state index contributed by atoms with van der Waals surface area (Å²) in [6.45, 7) is 6.05. The van der Waals surface area contributed by atoms with E-state index in [4.69, 9.17) is 12.2 Å². The maximum Gasteiger partial charge on any atom is -0.00680 e. The summed E-state index contributed by atoms with van der Waals surface area (Å²) in [5, 5.41) is 0. The Morgan fingerprint density at radius 3 is 1.33 bits per heavy atom. The molecule has 18 heavy (non-hydrogen) atoms. The Kier molecular flexibility index (Phi) is 15.2. The van der Waals surface area contributed by atoms with E-state index in [0.29, 0.717) is 0 Å². The Morgan fingerprint density at radius 2 is 1.00 bits per heavy atom. The first-order valence-electron chi connectivity index (χ1n) is 8.12. The lowest BCUT2D eigenvalue weighted by Crippen LogP contribution is -1.87. The van der Waals surface area contributed by atoms with Gasteiger partial charge in [0.15, 0.2) is 0 Å². The summed E-state index contributed by atoms with van der Waals surface area (Å²) in [5.74, 6) is 0. The van der Waals surface area contributed by atoms with Gasteiger partial charge in [0.2, 0.25) is 0 Å². The molecule has 0 aromatic heterocycles. The van der Waals surface area contributed by atoms with Crippen molar-refractivity contribution in [2.24, 2.45) is 0 Å². The van der Waals surface area contributed by atoms with E-state index in [2.05, 4.69) is 13.8 Å².